The lowest BCUT2D eigenvalue weighted by atomic mass is 9.72. The molecule has 0 aromatic heterocycles. The molecule has 0 radical (unpaired) electrons. The summed E-state index contributed by atoms with van der Waals surface area (Å²) in [5, 5.41) is 2.94. The Hall–Kier alpha value is -2.63. The Morgan fingerprint density at radius 3 is 2.32 bits per heavy atom. The third kappa shape index (κ3) is 3.55. The number of hydrogen-bond acceptors (Lipinski definition) is 3. The Labute approximate surface area is 166 Å². The average molecular weight is 383 g/mol. The average Bonchev–Trinajstić information content (AvgIpc) is 3.01. The van der Waals surface area contributed by atoms with Gasteiger partial charge in [0.15, 0.2) is 0 Å². The first kappa shape index (κ1) is 20.1. The number of hydrogen-bond donors (Lipinski definition) is 1. The molecule has 1 N–H and O–H groups in total. The summed E-state index contributed by atoms with van der Waals surface area (Å²) in [6.45, 7) is 7.56. The van der Waals surface area contributed by atoms with E-state index in [-0.39, 0.29) is 23.1 Å². The Balaban J connectivity index is 1.75. The molecule has 3 rings (SSSR count). The Morgan fingerprint density at radius 2 is 1.79 bits per heavy atom. The highest BCUT2D eigenvalue weighted by atomic mass is 16.2. The summed E-state index contributed by atoms with van der Waals surface area (Å²) in [7, 11) is 1.75. The van der Waals surface area contributed by atoms with Gasteiger partial charge in [0, 0.05) is 38.6 Å². The first-order chi connectivity index (χ1) is 13.3. The molecule has 2 aliphatic heterocycles. The Bertz CT molecular complexity index is 768. The second-order valence-corrected chi connectivity index (χ2v) is 8.17. The fraction of sp³-hybridized carbons (Fsp3) is 0.500. The molecule has 0 spiro atoms. The topological polar surface area (TPSA) is 69.7 Å². The van der Waals surface area contributed by atoms with Crippen LogP contribution < -0.4 is 5.32 Å². The van der Waals surface area contributed by atoms with Crippen molar-refractivity contribution >= 4 is 17.7 Å². The maximum absolute atomic E-state index is 13.1. The molecular formula is C22H29N3O3. The van der Waals surface area contributed by atoms with E-state index in [1.165, 1.54) is 6.08 Å². The van der Waals surface area contributed by atoms with Crippen LogP contribution in [-0.2, 0) is 19.8 Å². The molecule has 1 aromatic rings. The van der Waals surface area contributed by atoms with Crippen molar-refractivity contribution in [3.05, 3.63) is 48.6 Å². The van der Waals surface area contributed by atoms with Gasteiger partial charge in [0.1, 0.15) is 5.41 Å². The third-order valence-corrected chi connectivity index (χ3v) is 6.42. The van der Waals surface area contributed by atoms with Crippen LogP contribution in [0.25, 0.3) is 0 Å². The van der Waals surface area contributed by atoms with Crippen LogP contribution in [0.4, 0.5) is 0 Å². The number of rotatable bonds is 5. The number of piperidine rings is 1. The van der Waals surface area contributed by atoms with Gasteiger partial charge in [-0.3, -0.25) is 14.4 Å². The largest absolute Gasteiger partial charge is 0.352 e. The van der Waals surface area contributed by atoms with Crippen LogP contribution in [0.1, 0.15) is 31.7 Å². The number of benzene rings is 1. The van der Waals surface area contributed by atoms with E-state index in [4.69, 9.17) is 0 Å². The van der Waals surface area contributed by atoms with Crippen LogP contribution in [0.3, 0.4) is 0 Å². The van der Waals surface area contributed by atoms with E-state index in [0.29, 0.717) is 32.6 Å². The van der Waals surface area contributed by atoms with E-state index < -0.39 is 5.41 Å². The SMILES string of the molecule is C=CC(=O)NCC1(c2ccccc2)CCN(C(=O)C2(C)CCN(C)C2=O)CC1. The molecule has 0 aliphatic carbocycles. The zero-order chi connectivity index (χ0) is 20.4. The van der Waals surface area contributed by atoms with Crippen molar-refractivity contribution in [2.75, 3.05) is 33.2 Å². The molecule has 1 atom stereocenters. The summed E-state index contributed by atoms with van der Waals surface area (Å²) < 4.78 is 0. The zero-order valence-corrected chi connectivity index (χ0v) is 16.7. The van der Waals surface area contributed by atoms with Gasteiger partial charge in [-0.25, -0.2) is 0 Å². The van der Waals surface area contributed by atoms with Crippen LogP contribution in [0.5, 0.6) is 0 Å². The summed E-state index contributed by atoms with van der Waals surface area (Å²) in [5.74, 6) is -0.352. The van der Waals surface area contributed by atoms with Crippen molar-refractivity contribution < 1.29 is 14.4 Å². The summed E-state index contributed by atoms with van der Waals surface area (Å²) in [4.78, 5) is 40.8. The van der Waals surface area contributed by atoms with E-state index in [1.807, 2.05) is 23.1 Å². The molecule has 1 unspecified atom stereocenters. The van der Waals surface area contributed by atoms with Gasteiger partial charge in [-0.05, 0) is 37.8 Å². The Morgan fingerprint density at radius 1 is 1.14 bits per heavy atom. The van der Waals surface area contributed by atoms with Crippen molar-refractivity contribution in [1.82, 2.24) is 15.1 Å². The van der Waals surface area contributed by atoms with E-state index >= 15 is 0 Å². The second kappa shape index (κ2) is 7.78. The van der Waals surface area contributed by atoms with Crippen LogP contribution in [0, 0.1) is 5.41 Å². The van der Waals surface area contributed by atoms with Crippen LogP contribution in [0.2, 0.25) is 0 Å². The van der Waals surface area contributed by atoms with Crippen molar-refractivity contribution in [2.24, 2.45) is 5.41 Å². The van der Waals surface area contributed by atoms with Crippen molar-refractivity contribution in [3.8, 4) is 0 Å². The van der Waals surface area contributed by atoms with Gasteiger partial charge in [0.05, 0.1) is 0 Å². The number of nitrogens with zero attached hydrogens (tertiary/aromatic N) is 2. The van der Waals surface area contributed by atoms with Crippen molar-refractivity contribution in [2.45, 2.75) is 31.6 Å². The van der Waals surface area contributed by atoms with Gasteiger partial charge in [0.2, 0.25) is 17.7 Å². The molecule has 2 saturated heterocycles. The lowest BCUT2D eigenvalue weighted by molar-refractivity contribution is -0.151. The summed E-state index contributed by atoms with van der Waals surface area (Å²) >= 11 is 0. The highest BCUT2D eigenvalue weighted by Gasteiger charge is 2.50. The lowest BCUT2D eigenvalue weighted by Crippen LogP contribution is -2.54. The Kier molecular flexibility index (Phi) is 5.59. The highest BCUT2D eigenvalue weighted by Crippen LogP contribution is 2.38. The van der Waals surface area contributed by atoms with Gasteiger partial charge < -0.3 is 15.1 Å². The molecule has 0 bridgehead atoms. The molecule has 2 fully saturated rings. The van der Waals surface area contributed by atoms with Crippen molar-refractivity contribution in [3.63, 3.8) is 0 Å². The first-order valence-electron chi connectivity index (χ1n) is 9.83. The number of nitrogens with one attached hydrogen (secondary N) is 1. The van der Waals surface area contributed by atoms with Gasteiger partial charge in [-0.2, -0.15) is 0 Å². The zero-order valence-electron chi connectivity index (χ0n) is 16.7. The van der Waals surface area contributed by atoms with E-state index in [1.54, 1.807) is 18.9 Å². The standard InChI is InChI=1S/C22H29N3O3/c1-4-18(26)23-16-22(17-8-6-5-7-9-17)11-14-25(15-12-22)20(28)21(2)10-13-24(3)19(21)27/h4-9H,1,10-16H2,2-3H3,(H,23,26). The fourth-order valence-electron chi connectivity index (χ4n) is 4.39. The second-order valence-electron chi connectivity index (χ2n) is 8.17. The van der Waals surface area contributed by atoms with Crippen molar-refractivity contribution in [1.29, 1.82) is 0 Å². The molecule has 6 heteroatoms. The number of carbonyl (C=O) groups is 3. The van der Waals surface area contributed by atoms with Gasteiger partial charge in [0.25, 0.3) is 0 Å². The number of carbonyl (C=O) groups excluding carboxylic acids is 3. The molecule has 1 aromatic carbocycles. The minimum absolute atomic E-state index is 0.0707. The highest BCUT2D eigenvalue weighted by molar-refractivity contribution is 6.05. The van der Waals surface area contributed by atoms with Gasteiger partial charge in [-0.15, -0.1) is 0 Å². The molecule has 6 nitrogen and oxygen atoms in total. The number of amides is 3. The quantitative estimate of drug-likeness (QED) is 0.622. The summed E-state index contributed by atoms with van der Waals surface area (Å²) in [6, 6.07) is 10.1. The van der Waals surface area contributed by atoms with E-state index in [0.717, 1.165) is 18.4 Å². The first-order valence-corrected chi connectivity index (χ1v) is 9.83. The third-order valence-electron chi connectivity index (χ3n) is 6.42. The molecule has 2 heterocycles. The van der Waals surface area contributed by atoms with Gasteiger partial charge in [-0.1, -0.05) is 36.9 Å². The molecule has 150 valence electrons. The summed E-state index contributed by atoms with van der Waals surface area (Å²) in [5.41, 5.74) is -0.0125. The lowest BCUT2D eigenvalue weighted by Gasteiger charge is -2.44. The minimum Gasteiger partial charge on any atom is -0.352 e. The minimum atomic E-state index is -0.946. The normalized spacial score (nSPS) is 24.1. The van der Waals surface area contributed by atoms with Gasteiger partial charge >= 0.3 is 0 Å². The monoisotopic (exact) mass is 383 g/mol. The van der Waals surface area contributed by atoms with E-state index in [9.17, 15) is 14.4 Å². The molecule has 3 amide bonds. The smallest absolute Gasteiger partial charge is 0.243 e. The van der Waals surface area contributed by atoms with Crippen LogP contribution in [-0.4, -0.2) is 60.7 Å². The van der Waals surface area contributed by atoms with Crippen LogP contribution >= 0.6 is 0 Å². The maximum atomic E-state index is 13.1. The predicted molar refractivity (Wildman–Crippen MR) is 108 cm³/mol. The van der Waals surface area contributed by atoms with E-state index in [2.05, 4.69) is 24.0 Å². The molecule has 2 aliphatic rings. The maximum Gasteiger partial charge on any atom is 0.243 e. The number of likely N-dealkylation sites (tertiary alicyclic amines) is 2. The summed E-state index contributed by atoms with van der Waals surface area (Å²) in [6.07, 6.45) is 3.32. The molecule has 28 heavy (non-hydrogen) atoms. The van der Waals surface area contributed by atoms with Crippen LogP contribution in [0.15, 0.2) is 43.0 Å². The predicted octanol–water partition coefficient (Wildman–Crippen LogP) is 1.72. The molecular weight excluding hydrogens is 354 g/mol. The molecule has 0 saturated carbocycles. The fourth-order valence-corrected chi connectivity index (χ4v) is 4.39.